The SMILES string of the molecule is COc1ccc(-c2cn3c(n2)sc2cc(C(=O)N4CCN(c5ccccc5)CC4)ccc23)cc1. The number of aromatic nitrogens is 2. The number of piperazine rings is 1. The zero-order valence-corrected chi connectivity index (χ0v) is 19.7. The van der Waals surface area contributed by atoms with Gasteiger partial charge in [-0.05, 0) is 54.6 Å². The van der Waals surface area contributed by atoms with Crippen LogP contribution in [0.5, 0.6) is 5.75 Å². The first-order valence-electron chi connectivity index (χ1n) is 11.3. The molecule has 6 nitrogen and oxygen atoms in total. The molecule has 0 aliphatic carbocycles. The van der Waals surface area contributed by atoms with Crippen molar-refractivity contribution in [3.05, 3.63) is 84.6 Å². The molecule has 0 spiro atoms. The van der Waals surface area contributed by atoms with Crippen molar-refractivity contribution in [3.8, 4) is 17.0 Å². The molecule has 0 saturated carbocycles. The van der Waals surface area contributed by atoms with E-state index < -0.39 is 0 Å². The summed E-state index contributed by atoms with van der Waals surface area (Å²) in [6, 6.07) is 24.3. The lowest BCUT2D eigenvalue weighted by Gasteiger charge is -2.36. The monoisotopic (exact) mass is 468 g/mol. The number of thiazole rings is 1. The highest BCUT2D eigenvalue weighted by molar-refractivity contribution is 7.23. The summed E-state index contributed by atoms with van der Waals surface area (Å²) in [5.74, 6) is 0.925. The number of imidazole rings is 1. The first kappa shape index (κ1) is 20.7. The van der Waals surface area contributed by atoms with Crippen molar-refractivity contribution in [3.63, 3.8) is 0 Å². The molecule has 0 N–H and O–H groups in total. The van der Waals surface area contributed by atoms with Gasteiger partial charge >= 0.3 is 0 Å². The van der Waals surface area contributed by atoms with E-state index in [-0.39, 0.29) is 5.91 Å². The Morgan fingerprint density at radius 3 is 2.44 bits per heavy atom. The summed E-state index contributed by atoms with van der Waals surface area (Å²) in [5, 5.41) is 0. The van der Waals surface area contributed by atoms with E-state index in [0.717, 1.165) is 63.9 Å². The maximum atomic E-state index is 13.2. The van der Waals surface area contributed by atoms with Gasteiger partial charge in [0.2, 0.25) is 0 Å². The fourth-order valence-corrected chi connectivity index (χ4v) is 5.57. The van der Waals surface area contributed by atoms with Crippen LogP contribution in [0.25, 0.3) is 26.4 Å². The van der Waals surface area contributed by atoms with Crippen LogP contribution in [-0.2, 0) is 0 Å². The average Bonchev–Trinajstić information content (AvgIpc) is 3.47. The Labute approximate surface area is 201 Å². The quantitative estimate of drug-likeness (QED) is 0.364. The van der Waals surface area contributed by atoms with Gasteiger partial charge in [-0.25, -0.2) is 4.98 Å². The van der Waals surface area contributed by atoms with Crippen LogP contribution in [0.1, 0.15) is 10.4 Å². The van der Waals surface area contributed by atoms with Gasteiger partial charge < -0.3 is 14.5 Å². The predicted molar refractivity (Wildman–Crippen MR) is 137 cm³/mol. The molecule has 0 unspecified atom stereocenters. The molecule has 170 valence electrons. The fraction of sp³-hybridized carbons (Fsp3) is 0.185. The van der Waals surface area contributed by atoms with Crippen LogP contribution in [0.2, 0.25) is 0 Å². The molecule has 1 saturated heterocycles. The van der Waals surface area contributed by atoms with Crippen molar-refractivity contribution in [2.75, 3.05) is 38.2 Å². The molecule has 5 aromatic rings. The van der Waals surface area contributed by atoms with Crippen LogP contribution < -0.4 is 9.64 Å². The number of hydrogen-bond acceptors (Lipinski definition) is 5. The van der Waals surface area contributed by atoms with Crippen molar-refractivity contribution in [2.45, 2.75) is 0 Å². The highest BCUT2D eigenvalue weighted by Crippen LogP contribution is 2.31. The molecule has 3 aromatic carbocycles. The van der Waals surface area contributed by atoms with Crippen LogP contribution in [0.3, 0.4) is 0 Å². The van der Waals surface area contributed by atoms with Crippen molar-refractivity contribution in [1.82, 2.24) is 14.3 Å². The second-order valence-electron chi connectivity index (χ2n) is 8.41. The molecule has 0 bridgehead atoms. The van der Waals surface area contributed by atoms with Gasteiger partial charge in [-0.3, -0.25) is 9.20 Å². The third kappa shape index (κ3) is 3.68. The third-order valence-electron chi connectivity index (χ3n) is 6.42. The maximum absolute atomic E-state index is 13.2. The van der Waals surface area contributed by atoms with Gasteiger partial charge in [-0.15, -0.1) is 0 Å². The first-order valence-corrected chi connectivity index (χ1v) is 12.2. The topological polar surface area (TPSA) is 50.1 Å². The Balaban J connectivity index is 1.21. The van der Waals surface area contributed by atoms with Crippen LogP contribution >= 0.6 is 11.3 Å². The number of ether oxygens (including phenoxy) is 1. The van der Waals surface area contributed by atoms with Gasteiger partial charge in [0.1, 0.15) is 5.75 Å². The number of carbonyl (C=O) groups is 1. The third-order valence-corrected chi connectivity index (χ3v) is 7.43. The number of carbonyl (C=O) groups excluding carboxylic acids is 1. The normalized spacial score (nSPS) is 14.1. The molecule has 1 amide bonds. The Kier molecular flexibility index (Phi) is 5.19. The smallest absolute Gasteiger partial charge is 0.254 e. The van der Waals surface area contributed by atoms with Gasteiger partial charge in [-0.1, -0.05) is 29.5 Å². The van der Waals surface area contributed by atoms with E-state index in [0.29, 0.717) is 0 Å². The first-order chi connectivity index (χ1) is 16.7. The average molecular weight is 469 g/mol. The Morgan fingerprint density at radius 1 is 0.941 bits per heavy atom. The van der Waals surface area contributed by atoms with Crippen LogP contribution in [0.4, 0.5) is 5.69 Å². The highest BCUT2D eigenvalue weighted by atomic mass is 32.1. The Bertz CT molecular complexity index is 1470. The molecule has 1 fully saturated rings. The van der Waals surface area contributed by atoms with Crippen LogP contribution in [-0.4, -0.2) is 53.5 Å². The molecule has 3 heterocycles. The number of hydrogen-bond donors (Lipinski definition) is 0. The minimum atomic E-state index is 0.0968. The molecule has 0 atom stereocenters. The highest BCUT2D eigenvalue weighted by Gasteiger charge is 2.23. The van der Waals surface area contributed by atoms with E-state index in [1.54, 1.807) is 18.4 Å². The summed E-state index contributed by atoms with van der Waals surface area (Å²) in [6.07, 6.45) is 2.06. The summed E-state index contributed by atoms with van der Waals surface area (Å²) >= 11 is 1.61. The van der Waals surface area contributed by atoms with Crippen molar-refractivity contribution >= 4 is 38.1 Å². The van der Waals surface area contributed by atoms with Gasteiger partial charge in [0.15, 0.2) is 4.96 Å². The standard InChI is InChI=1S/C27H24N4O2S/c1-33-22-10-7-19(8-11-22)23-18-31-24-12-9-20(17-25(24)34-27(31)28-23)26(32)30-15-13-29(14-16-30)21-5-3-2-4-6-21/h2-12,17-18H,13-16H2,1H3. The summed E-state index contributed by atoms with van der Waals surface area (Å²) in [4.78, 5) is 23.2. The Morgan fingerprint density at radius 2 is 1.71 bits per heavy atom. The number of amides is 1. The maximum Gasteiger partial charge on any atom is 0.254 e. The number of methoxy groups -OCH3 is 1. The summed E-state index contributed by atoms with van der Waals surface area (Å²) < 4.78 is 8.42. The molecule has 1 aliphatic rings. The van der Waals surface area contributed by atoms with Gasteiger partial charge in [-0.2, -0.15) is 0 Å². The minimum absolute atomic E-state index is 0.0968. The van der Waals surface area contributed by atoms with Gasteiger partial charge in [0, 0.05) is 49.2 Å². The molecular formula is C27H24N4O2S. The Hall–Kier alpha value is -3.84. The van der Waals surface area contributed by atoms with Crippen molar-refractivity contribution < 1.29 is 9.53 Å². The molecular weight excluding hydrogens is 444 g/mol. The fourth-order valence-electron chi connectivity index (χ4n) is 4.52. The number of anilines is 1. The largest absolute Gasteiger partial charge is 0.497 e. The van der Waals surface area contributed by atoms with Crippen molar-refractivity contribution in [2.24, 2.45) is 0 Å². The number of nitrogens with zero attached hydrogens (tertiary/aromatic N) is 4. The van der Waals surface area contributed by atoms with Crippen molar-refractivity contribution in [1.29, 1.82) is 0 Å². The molecule has 0 radical (unpaired) electrons. The molecule has 34 heavy (non-hydrogen) atoms. The number of fused-ring (bicyclic) bond motifs is 3. The zero-order valence-electron chi connectivity index (χ0n) is 18.8. The van der Waals surface area contributed by atoms with E-state index in [9.17, 15) is 4.79 Å². The molecule has 6 rings (SSSR count). The number of para-hydroxylation sites is 1. The van der Waals surface area contributed by atoms with Gasteiger partial charge in [0.05, 0.1) is 23.0 Å². The zero-order chi connectivity index (χ0) is 23.1. The van der Waals surface area contributed by atoms with Crippen LogP contribution in [0, 0.1) is 0 Å². The van der Waals surface area contributed by atoms with E-state index in [4.69, 9.17) is 9.72 Å². The summed E-state index contributed by atoms with van der Waals surface area (Å²) in [5.41, 5.74) is 4.99. The molecule has 2 aromatic heterocycles. The lowest BCUT2D eigenvalue weighted by molar-refractivity contribution is 0.0747. The second-order valence-corrected chi connectivity index (χ2v) is 9.42. The van der Waals surface area contributed by atoms with E-state index in [2.05, 4.69) is 39.8 Å². The van der Waals surface area contributed by atoms with Crippen LogP contribution in [0.15, 0.2) is 79.0 Å². The summed E-state index contributed by atoms with van der Waals surface area (Å²) in [7, 11) is 1.66. The number of rotatable bonds is 4. The van der Waals surface area contributed by atoms with Gasteiger partial charge in [0.25, 0.3) is 5.91 Å². The lowest BCUT2D eigenvalue weighted by atomic mass is 10.1. The van der Waals surface area contributed by atoms with E-state index >= 15 is 0 Å². The molecule has 7 heteroatoms. The van der Waals surface area contributed by atoms with E-state index in [1.807, 2.05) is 53.4 Å². The van der Waals surface area contributed by atoms with E-state index in [1.165, 1.54) is 5.69 Å². The minimum Gasteiger partial charge on any atom is -0.497 e. The second kappa shape index (κ2) is 8.50. The molecule has 1 aliphatic heterocycles. The number of benzene rings is 3. The lowest BCUT2D eigenvalue weighted by Crippen LogP contribution is -2.48. The summed E-state index contributed by atoms with van der Waals surface area (Å²) in [6.45, 7) is 3.15. The predicted octanol–water partition coefficient (Wildman–Crippen LogP) is 5.19.